The number of β-amino-alcohol motifs (C(OH)–C–C–N with tert-alkyl or cyclic N) is 1. The van der Waals surface area contributed by atoms with Gasteiger partial charge in [-0.1, -0.05) is 18.2 Å². The number of anilines is 1. The summed E-state index contributed by atoms with van der Waals surface area (Å²) in [6.45, 7) is -1.21. The lowest BCUT2D eigenvalue weighted by Crippen LogP contribution is -2.69. The molecule has 2 heterocycles. The zero-order valence-corrected chi connectivity index (χ0v) is 14.6. The van der Waals surface area contributed by atoms with E-state index < -0.39 is 37.3 Å². The molecule has 0 fully saturated rings. The number of aliphatic hydroxyl groups is 1. The number of hydrogen-bond acceptors (Lipinski definition) is 5. The molecule has 148 valence electrons. The monoisotopic (exact) mass is 394 g/mol. The van der Waals surface area contributed by atoms with Crippen LogP contribution in [0.15, 0.2) is 42.5 Å². The number of fused-ring (bicyclic) bond motifs is 3. The number of benzene rings is 2. The van der Waals surface area contributed by atoms with E-state index in [0.717, 1.165) is 0 Å². The van der Waals surface area contributed by atoms with Gasteiger partial charge in [0.05, 0.1) is 6.61 Å². The maximum atomic E-state index is 14.5. The summed E-state index contributed by atoms with van der Waals surface area (Å²) in [6, 6.07) is 10.8. The summed E-state index contributed by atoms with van der Waals surface area (Å²) in [5, 5.41) is 11.9. The first kappa shape index (κ1) is 18.4. The Kier molecular flexibility index (Phi) is 4.34. The zero-order chi connectivity index (χ0) is 19.9. The number of aliphatic hydroxyl groups excluding tert-OH is 1. The molecule has 2 N–H and O–H groups in total. The molecule has 28 heavy (non-hydrogen) atoms. The number of carbonyl (C=O) groups is 1. The largest absolute Gasteiger partial charge is 0.454 e. The molecule has 9 heteroatoms. The Morgan fingerprint density at radius 2 is 1.89 bits per heavy atom. The van der Waals surface area contributed by atoms with E-state index >= 15 is 0 Å². The van der Waals surface area contributed by atoms with Gasteiger partial charge in [0.1, 0.15) is 0 Å². The van der Waals surface area contributed by atoms with Crippen LogP contribution in [0.2, 0.25) is 0 Å². The Hall–Kier alpha value is -2.94. The van der Waals surface area contributed by atoms with Crippen molar-refractivity contribution in [3.8, 4) is 11.5 Å². The number of hydrogen-bond donors (Lipinski definition) is 2. The normalized spacial score (nSPS) is 20.9. The Morgan fingerprint density at radius 1 is 1.14 bits per heavy atom. The van der Waals surface area contributed by atoms with E-state index in [1.165, 1.54) is 24.3 Å². The van der Waals surface area contributed by atoms with Crippen LogP contribution >= 0.6 is 0 Å². The number of ether oxygens (including phenoxy) is 2. The second-order valence-corrected chi connectivity index (χ2v) is 6.53. The van der Waals surface area contributed by atoms with Crippen LogP contribution in [0.1, 0.15) is 15.9 Å². The molecule has 2 aromatic rings. The quantitative estimate of drug-likeness (QED) is 0.835. The topological polar surface area (TPSA) is 71.0 Å². The summed E-state index contributed by atoms with van der Waals surface area (Å²) in [6.07, 6.45) is -5.42. The first-order valence-electron chi connectivity index (χ1n) is 8.61. The Bertz CT molecular complexity index is 904. The summed E-state index contributed by atoms with van der Waals surface area (Å²) < 4.78 is 54.0. The van der Waals surface area contributed by atoms with Crippen LogP contribution in [0.5, 0.6) is 11.5 Å². The van der Waals surface area contributed by atoms with Crippen molar-refractivity contribution in [1.82, 2.24) is 4.90 Å². The molecule has 0 saturated heterocycles. The molecule has 2 aliphatic rings. The van der Waals surface area contributed by atoms with Crippen LogP contribution in [-0.2, 0) is 6.42 Å². The molecule has 0 spiro atoms. The van der Waals surface area contributed by atoms with Crippen LogP contribution < -0.4 is 14.8 Å². The Balaban J connectivity index is 1.90. The molecule has 0 aliphatic carbocycles. The fourth-order valence-corrected chi connectivity index (χ4v) is 3.66. The SMILES string of the molecule is O=C1c2ccc3c(c2CC(Nc2ccccc2)(C(F)(F)F)N1CCO)OCO3. The number of amides is 1. The first-order chi connectivity index (χ1) is 13.4. The molecule has 6 nitrogen and oxygen atoms in total. The van der Waals surface area contributed by atoms with Gasteiger partial charge in [-0.15, -0.1) is 0 Å². The molecule has 0 aromatic heterocycles. The van der Waals surface area contributed by atoms with Gasteiger partial charge < -0.3 is 24.8 Å². The highest BCUT2D eigenvalue weighted by molar-refractivity contribution is 5.99. The minimum atomic E-state index is -4.84. The van der Waals surface area contributed by atoms with Gasteiger partial charge in [0.15, 0.2) is 11.5 Å². The van der Waals surface area contributed by atoms with Crippen LogP contribution in [-0.4, -0.2) is 47.7 Å². The van der Waals surface area contributed by atoms with E-state index in [9.17, 15) is 23.1 Å². The zero-order valence-electron chi connectivity index (χ0n) is 14.6. The number of carbonyl (C=O) groups excluding carboxylic acids is 1. The molecule has 0 bridgehead atoms. The smallest absolute Gasteiger partial charge is 0.430 e. The second-order valence-electron chi connectivity index (χ2n) is 6.53. The highest BCUT2D eigenvalue weighted by atomic mass is 19.4. The lowest BCUT2D eigenvalue weighted by molar-refractivity contribution is -0.216. The van der Waals surface area contributed by atoms with Crippen LogP contribution in [0.4, 0.5) is 18.9 Å². The van der Waals surface area contributed by atoms with Crippen molar-refractivity contribution in [2.75, 3.05) is 25.3 Å². The molecule has 2 aliphatic heterocycles. The van der Waals surface area contributed by atoms with Gasteiger partial charge in [-0.3, -0.25) is 4.79 Å². The maximum Gasteiger partial charge on any atom is 0.430 e. The van der Waals surface area contributed by atoms with Gasteiger partial charge in [0, 0.05) is 29.8 Å². The third-order valence-corrected chi connectivity index (χ3v) is 4.93. The number of halogens is 3. The fourth-order valence-electron chi connectivity index (χ4n) is 3.66. The predicted octanol–water partition coefficient (Wildman–Crippen LogP) is 2.78. The van der Waals surface area contributed by atoms with Gasteiger partial charge in [0.2, 0.25) is 12.5 Å². The Labute approximate surface area is 158 Å². The Morgan fingerprint density at radius 3 is 2.57 bits per heavy atom. The van der Waals surface area contributed by atoms with Gasteiger partial charge in [-0.25, -0.2) is 0 Å². The molecular weight excluding hydrogens is 377 g/mol. The van der Waals surface area contributed by atoms with Gasteiger partial charge >= 0.3 is 6.18 Å². The summed E-state index contributed by atoms with van der Waals surface area (Å²) in [5.41, 5.74) is -2.31. The molecule has 4 rings (SSSR count). The van der Waals surface area contributed by atoms with Crippen LogP contribution in [0.25, 0.3) is 0 Å². The lowest BCUT2D eigenvalue weighted by atomic mass is 9.86. The first-order valence-corrected chi connectivity index (χ1v) is 8.61. The van der Waals surface area contributed by atoms with Crippen molar-refractivity contribution in [3.63, 3.8) is 0 Å². The highest BCUT2D eigenvalue weighted by Crippen LogP contribution is 2.48. The van der Waals surface area contributed by atoms with Crippen molar-refractivity contribution in [2.45, 2.75) is 18.3 Å². The number of nitrogens with one attached hydrogen (secondary N) is 1. The van der Waals surface area contributed by atoms with E-state index in [-0.39, 0.29) is 29.4 Å². The summed E-state index contributed by atoms with van der Waals surface area (Å²) in [7, 11) is 0. The summed E-state index contributed by atoms with van der Waals surface area (Å²) in [4.78, 5) is 13.7. The third-order valence-electron chi connectivity index (χ3n) is 4.93. The summed E-state index contributed by atoms with van der Waals surface area (Å²) in [5.74, 6) is -0.384. The molecule has 0 saturated carbocycles. The highest BCUT2D eigenvalue weighted by Gasteiger charge is 2.63. The van der Waals surface area contributed by atoms with E-state index in [1.807, 2.05) is 0 Å². The van der Waals surface area contributed by atoms with E-state index in [1.54, 1.807) is 18.2 Å². The molecule has 1 amide bonds. The molecule has 1 atom stereocenters. The lowest BCUT2D eigenvalue weighted by Gasteiger charge is -2.48. The maximum absolute atomic E-state index is 14.5. The second kappa shape index (κ2) is 6.59. The van der Waals surface area contributed by atoms with Gasteiger partial charge in [-0.05, 0) is 24.3 Å². The summed E-state index contributed by atoms with van der Waals surface area (Å²) >= 11 is 0. The number of alkyl halides is 3. The van der Waals surface area contributed by atoms with Crippen molar-refractivity contribution >= 4 is 11.6 Å². The van der Waals surface area contributed by atoms with Crippen LogP contribution in [0, 0.1) is 0 Å². The van der Waals surface area contributed by atoms with E-state index in [2.05, 4.69) is 5.32 Å². The van der Waals surface area contributed by atoms with Crippen molar-refractivity contribution in [2.24, 2.45) is 0 Å². The van der Waals surface area contributed by atoms with Gasteiger partial charge in [0.25, 0.3) is 5.91 Å². The average molecular weight is 394 g/mol. The molecule has 0 radical (unpaired) electrons. The number of para-hydroxylation sites is 1. The van der Waals surface area contributed by atoms with Crippen LogP contribution in [0.3, 0.4) is 0 Å². The third kappa shape index (κ3) is 2.73. The van der Waals surface area contributed by atoms with E-state index in [4.69, 9.17) is 9.47 Å². The molecule has 2 aromatic carbocycles. The standard InChI is InChI=1S/C19H17F3N2O4/c20-19(21,22)18(23-12-4-2-1-3-5-12)10-14-13(17(26)24(18)8-9-25)6-7-15-16(14)28-11-27-15/h1-7,23,25H,8-11H2. The minimum absolute atomic E-state index is 0.104. The van der Waals surface area contributed by atoms with E-state index in [0.29, 0.717) is 10.6 Å². The predicted molar refractivity (Wildman–Crippen MR) is 93.2 cm³/mol. The molecule has 1 unspecified atom stereocenters. The minimum Gasteiger partial charge on any atom is -0.454 e. The van der Waals surface area contributed by atoms with Gasteiger partial charge in [-0.2, -0.15) is 13.2 Å². The average Bonchev–Trinajstić information content (AvgIpc) is 3.14. The van der Waals surface area contributed by atoms with Crippen molar-refractivity contribution in [3.05, 3.63) is 53.6 Å². The fraction of sp³-hybridized carbons (Fsp3) is 0.316. The van der Waals surface area contributed by atoms with Crippen molar-refractivity contribution < 1.29 is 32.5 Å². The molecular formula is C19H17F3N2O4. The number of rotatable bonds is 4. The number of nitrogens with zero attached hydrogens (tertiary/aromatic N) is 1. The van der Waals surface area contributed by atoms with Crippen molar-refractivity contribution in [1.29, 1.82) is 0 Å².